The molecule has 2 amide bonds. The monoisotopic (exact) mass is 272 g/mol. The van der Waals surface area contributed by atoms with Crippen LogP contribution in [0.5, 0.6) is 0 Å². The number of ether oxygens (including phenoxy) is 1. The van der Waals surface area contributed by atoms with Gasteiger partial charge in [0.15, 0.2) is 6.04 Å². The van der Waals surface area contributed by atoms with Crippen molar-refractivity contribution in [2.75, 3.05) is 13.7 Å². The number of thiophene rings is 1. The zero-order valence-electron chi connectivity index (χ0n) is 10.2. The molecule has 18 heavy (non-hydrogen) atoms. The molecule has 0 fully saturated rings. The maximum atomic E-state index is 11.5. The first kappa shape index (κ1) is 14.5. The standard InChI is InChI=1S/C11H16N2O4S/c1-7-3-4-18-9(7)5-12-11(16)13-8(6-17-2)10(14)15/h3-4,8H,5-6H2,1-2H3,(H,14,15)(H2,12,13,16). The summed E-state index contributed by atoms with van der Waals surface area (Å²) in [6, 6.07) is 0.400. The van der Waals surface area contributed by atoms with Crippen molar-refractivity contribution in [1.29, 1.82) is 0 Å². The Bertz CT molecular complexity index is 419. The molecule has 3 N–H and O–H groups in total. The number of rotatable bonds is 6. The molecule has 6 nitrogen and oxygen atoms in total. The van der Waals surface area contributed by atoms with E-state index in [4.69, 9.17) is 9.84 Å². The Morgan fingerprint density at radius 3 is 2.78 bits per heavy atom. The van der Waals surface area contributed by atoms with E-state index in [0.717, 1.165) is 10.4 Å². The highest BCUT2D eigenvalue weighted by atomic mass is 32.1. The number of nitrogens with one attached hydrogen (secondary N) is 2. The van der Waals surface area contributed by atoms with Crippen molar-refractivity contribution in [2.45, 2.75) is 19.5 Å². The fourth-order valence-corrected chi connectivity index (χ4v) is 2.14. The van der Waals surface area contributed by atoms with E-state index in [2.05, 4.69) is 10.6 Å². The van der Waals surface area contributed by atoms with Crippen molar-refractivity contribution in [3.8, 4) is 0 Å². The number of amides is 2. The largest absolute Gasteiger partial charge is 0.480 e. The van der Waals surface area contributed by atoms with Crippen LogP contribution in [-0.2, 0) is 16.1 Å². The van der Waals surface area contributed by atoms with Crippen molar-refractivity contribution in [3.63, 3.8) is 0 Å². The molecule has 0 aliphatic rings. The minimum absolute atomic E-state index is 0.0687. The van der Waals surface area contributed by atoms with E-state index in [1.54, 1.807) is 11.3 Å². The van der Waals surface area contributed by atoms with Crippen molar-refractivity contribution >= 4 is 23.3 Å². The van der Waals surface area contributed by atoms with Crippen LogP contribution in [0.2, 0.25) is 0 Å². The summed E-state index contributed by atoms with van der Waals surface area (Å²) in [6.45, 7) is 2.27. The predicted molar refractivity (Wildman–Crippen MR) is 67.7 cm³/mol. The third-order valence-electron chi connectivity index (χ3n) is 2.31. The highest BCUT2D eigenvalue weighted by molar-refractivity contribution is 7.10. The first-order valence-electron chi connectivity index (χ1n) is 5.33. The van der Waals surface area contributed by atoms with Gasteiger partial charge < -0.3 is 20.5 Å². The maximum absolute atomic E-state index is 11.5. The normalized spacial score (nSPS) is 11.9. The maximum Gasteiger partial charge on any atom is 0.328 e. The van der Waals surface area contributed by atoms with Gasteiger partial charge in [-0.3, -0.25) is 0 Å². The molecule has 1 atom stereocenters. The summed E-state index contributed by atoms with van der Waals surface area (Å²) < 4.78 is 4.71. The lowest BCUT2D eigenvalue weighted by Gasteiger charge is -2.14. The van der Waals surface area contributed by atoms with Crippen LogP contribution in [0.3, 0.4) is 0 Å². The van der Waals surface area contributed by atoms with Crippen LogP contribution >= 0.6 is 11.3 Å². The van der Waals surface area contributed by atoms with Crippen molar-refractivity contribution in [3.05, 3.63) is 21.9 Å². The number of urea groups is 1. The summed E-state index contributed by atoms with van der Waals surface area (Å²) in [7, 11) is 1.38. The van der Waals surface area contributed by atoms with Crippen LogP contribution in [0.4, 0.5) is 4.79 Å². The van der Waals surface area contributed by atoms with E-state index in [-0.39, 0.29) is 6.61 Å². The van der Waals surface area contributed by atoms with Crippen LogP contribution < -0.4 is 10.6 Å². The molecule has 1 heterocycles. The Hall–Kier alpha value is -1.60. The van der Waals surface area contributed by atoms with Gasteiger partial charge in [0.2, 0.25) is 0 Å². The number of hydrogen-bond acceptors (Lipinski definition) is 4. The van der Waals surface area contributed by atoms with E-state index in [9.17, 15) is 9.59 Å². The van der Waals surface area contributed by atoms with E-state index >= 15 is 0 Å². The van der Waals surface area contributed by atoms with Crippen LogP contribution in [0.25, 0.3) is 0 Å². The van der Waals surface area contributed by atoms with Gasteiger partial charge in [-0.05, 0) is 23.9 Å². The van der Waals surface area contributed by atoms with E-state index < -0.39 is 18.0 Å². The molecule has 7 heteroatoms. The number of carboxylic acids is 1. The molecule has 1 rings (SSSR count). The Morgan fingerprint density at radius 2 is 2.28 bits per heavy atom. The zero-order valence-corrected chi connectivity index (χ0v) is 11.0. The molecule has 0 aliphatic carbocycles. The van der Waals surface area contributed by atoms with Gasteiger partial charge in [-0.25, -0.2) is 9.59 Å². The summed E-state index contributed by atoms with van der Waals surface area (Å²) in [5.41, 5.74) is 1.10. The van der Waals surface area contributed by atoms with Crippen LogP contribution in [0.15, 0.2) is 11.4 Å². The first-order chi connectivity index (χ1) is 8.54. The quantitative estimate of drug-likeness (QED) is 0.719. The summed E-state index contributed by atoms with van der Waals surface area (Å²) in [5.74, 6) is -1.13. The van der Waals surface area contributed by atoms with Crippen molar-refractivity contribution in [2.24, 2.45) is 0 Å². The van der Waals surface area contributed by atoms with Gasteiger partial charge in [0.05, 0.1) is 13.2 Å². The van der Waals surface area contributed by atoms with Gasteiger partial charge in [-0.2, -0.15) is 0 Å². The van der Waals surface area contributed by atoms with Gasteiger partial charge in [0.25, 0.3) is 0 Å². The number of carbonyl (C=O) groups is 2. The van der Waals surface area contributed by atoms with E-state index in [1.165, 1.54) is 7.11 Å². The van der Waals surface area contributed by atoms with Gasteiger partial charge >= 0.3 is 12.0 Å². The molecule has 0 spiro atoms. The lowest BCUT2D eigenvalue weighted by atomic mass is 10.3. The number of aliphatic carboxylic acids is 1. The number of methoxy groups -OCH3 is 1. The Labute approximate surface area is 109 Å². The molecule has 0 bridgehead atoms. The van der Waals surface area contributed by atoms with Gasteiger partial charge in [-0.15, -0.1) is 11.3 Å². The lowest BCUT2D eigenvalue weighted by Crippen LogP contribution is -2.48. The fourth-order valence-electron chi connectivity index (χ4n) is 1.30. The lowest BCUT2D eigenvalue weighted by molar-refractivity contribution is -0.140. The molecule has 0 radical (unpaired) electrons. The summed E-state index contributed by atoms with van der Waals surface area (Å²) in [6.07, 6.45) is 0. The molecular formula is C11H16N2O4S. The Balaban J connectivity index is 2.41. The summed E-state index contributed by atoms with van der Waals surface area (Å²) in [4.78, 5) is 23.3. The SMILES string of the molecule is COCC(NC(=O)NCc1sccc1C)C(=O)O. The minimum atomic E-state index is -1.13. The topological polar surface area (TPSA) is 87.7 Å². The minimum Gasteiger partial charge on any atom is -0.480 e. The van der Waals surface area contributed by atoms with E-state index in [1.807, 2.05) is 18.4 Å². The number of carboxylic acid groups (broad SMARTS) is 1. The van der Waals surface area contributed by atoms with Crippen LogP contribution in [0, 0.1) is 6.92 Å². The van der Waals surface area contributed by atoms with Crippen molar-refractivity contribution in [1.82, 2.24) is 10.6 Å². The Morgan fingerprint density at radius 1 is 1.56 bits per heavy atom. The third-order valence-corrected chi connectivity index (χ3v) is 3.34. The highest BCUT2D eigenvalue weighted by Gasteiger charge is 2.19. The second-order valence-corrected chi connectivity index (χ2v) is 4.70. The molecule has 0 aliphatic heterocycles. The molecule has 0 aromatic carbocycles. The summed E-state index contributed by atoms with van der Waals surface area (Å²) >= 11 is 1.54. The van der Waals surface area contributed by atoms with E-state index in [0.29, 0.717) is 6.54 Å². The molecule has 0 saturated heterocycles. The second kappa shape index (κ2) is 6.97. The predicted octanol–water partition coefficient (Wildman–Crippen LogP) is 0.955. The first-order valence-corrected chi connectivity index (χ1v) is 6.21. The average molecular weight is 272 g/mol. The number of carbonyl (C=O) groups excluding carboxylic acids is 1. The number of aryl methyl sites for hydroxylation is 1. The number of hydrogen-bond donors (Lipinski definition) is 3. The molecule has 1 aromatic rings. The van der Waals surface area contributed by atoms with Gasteiger partial charge in [0, 0.05) is 12.0 Å². The average Bonchev–Trinajstić information content (AvgIpc) is 2.71. The smallest absolute Gasteiger partial charge is 0.328 e. The van der Waals surface area contributed by atoms with Crippen LogP contribution in [-0.4, -0.2) is 36.9 Å². The third kappa shape index (κ3) is 4.34. The molecule has 1 unspecified atom stereocenters. The van der Waals surface area contributed by atoms with Crippen molar-refractivity contribution < 1.29 is 19.4 Å². The summed E-state index contributed by atoms with van der Waals surface area (Å²) in [5, 5.41) is 15.7. The highest BCUT2D eigenvalue weighted by Crippen LogP contribution is 2.14. The Kier molecular flexibility index (Phi) is 5.60. The van der Waals surface area contributed by atoms with Crippen LogP contribution in [0.1, 0.15) is 10.4 Å². The molecule has 0 saturated carbocycles. The van der Waals surface area contributed by atoms with Gasteiger partial charge in [0.1, 0.15) is 0 Å². The zero-order chi connectivity index (χ0) is 13.5. The molecule has 100 valence electrons. The second-order valence-electron chi connectivity index (χ2n) is 3.70. The van der Waals surface area contributed by atoms with Gasteiger partial charge in [-0.1, -0.05) is 0 Å². The molecule has 1 aromatic heterocycles. The fraction of sp³-hybridized carbons (Fsp3) is 0.455. The molecular weight excluding hydrogens is 256 g/mol.